The van der Waals surface area contributed by atoms with E-state index in [1.165, 1.54) is 11.8 Å². The minimum absolute atomic E-state index is 0.341. The highest BCUT2D eigenvalue weighted by molar-refractivity contribution is 8.00. The molecule has 0 unspecified atom stereocenters. The molecule has 2 aromatic rings. The number of amides is 1. The quantitative estimate of drug-likeness (QED) is 0.852. The van der Waals surface area contributed by atoms with Crippen LogP contribution in [-0.4, -0.2) is 13.0 Å². The average molecular weight is 273 g/mol. The van der Waals surface area contributed by atoms with Crippen molar-refractivity contribution in [2.75, 3.05) is 7.11 Å². The lowest BCUT2D eigenvalue weighted by atomic mass is 10.1. The fourth-order valence-corrected chi connectivity index (χ4v) is 2.68. The van der Waals surface area contributed by atoms with E-state index in [4.69, 9.17) is 10.5 Å². The van der Waals surface area contributed by atoms with Crippen molar-refractivity contribution in [2.24, 2.45) is 5.73 Å². The lowest BCUT2D eigenvalue weighted by Crippen LogP contribution is -2.18. The molecular formula is C15H15NO2S. The molecule has 19 heavy (non-hydrogen) atoms. The molecule has 0 heterocycles. The molecule has 0 spiro atoms. The Morgan fingerprint density at radius 2 is 1.74 bits per heavy atom. The van der Waals surface area contributed by atoms with Crippen LogP contribution in [0.2, 0.25) is 0 Å². The summed E-state index contributed by atoms with van der Waals surface area (Å²) >= 11 is 1.44. The monoisotopic (exact) mass is 273 g/mol. The highest BCUT2D eigenvalue weighted by atomic mass is 32.2. The summed E-state index contributed by atoms with van der Waals surface area (Å²) in [6.07, 6.45) is 0. The number of ether oxygens (including phenoxy) is 1. The molecule has 0 aliphatic heterocycles. The zero-order valence-electron chi connectivity index (χ0n) is 10.6. The van der Waals surface area contributed by atoms with Gasteiger partial charge in [-0.1, -0.05) is 30.3 Å². The van der Waals surface area contributed by atoms with Crippen molar-refractivity contribution in [3.8, 4) is 5.75 Å². The molecule has 2 N–H and O–H groups in total. The third-order valence-corrected chi connectivity index (χ3v) is 3.96. The first-order valence-electron chi connectivity index (χ1n) is 5.85. The number of nitrogens with two attached hydrogens (primary N) is 1. The summed E-state index contributed by atoms with van der Waals surface area (Å²) in [4.78, 5) is 12.6. The van der Waals surface area contributed by atoms with E-state index < -0.39 is 0 Å². The van der Waals surface area contributed by atoms with E-state index in [2.05, 4.69) is 0 Å². The van der Waals surface area contributed by atoms with Gasteiger partial charge >= 0.3 is 0 Å². The van der Waals surface area contributed by atoms with Crippen LogP contribution in [0.4, 0.5) is 0 Å². The highest BCUT2D eigenvalue weighted by Gasteiger charge is 2.18. The number of thioether (sulfide) groups is 1. The van der Waals surface area contributed by atoms with Crippen LogP contribution in [0.3, 0.4) is 0 Å². The highest BCUT2D eigenvalue weighted by Crippen LogP contribution is 2.35. The summed E-state index contributed by atoms with van der Waals surface area (Å²) in [5, 5.41) is -0.380. The predicted molar refractivity (Wildman–Crippen MR) is 77.2 cm³/mol. The first-order valence-corrected chi connectivity index (χ1v) is 6.73. The van der Waals surface area contributed by atoms with E-state index in [-0.39, 0.29) is 11.2 Å². The molecule has 1 amide bonds. The third-order valence-electron chi connectivity index (χ3n) is 2.67. The van der Waals surface area contributed by atoms with E-state index in [0.717, 1.165) is 16.2 Å². The maximum atomic E-state index is 11.6. The van der Waals surface area contributed by atoms with Crippen molar-refractivity contribution >= 4 is 17.7 Å². The van der Waals surface area contributed by atoms with E-state index in [1.807, 2.05) is 54.6 Å². The second-order valence-corrected chi connectivity index (χ2v) is 5.16. The zero-order chi connectivity index (χ0) is 13.7. The number of rotatable bonds is 5. The molecule has 2 aromatic carbocycles. The van der Waals surface area contributed by atoms with Crippen LogP contribution >= 0.6 is 11.8 Å². The van der Waals surface area contributed by atoms with Gasteiger partial charge in [-0.05, 0) is 29.8 Å². The van der Waals surface area contributed by atoms with Crippen LogP contribution in [0.25, 0.3) is 0 Å². The maximum Gasteiger partial charge on any atom is 0.235 e. The van der Waals surface area contributed by atoms with E-state index in [9.17, 15) is 4.79 Å². The van der Waals surface area contributed by atoms with Gasteiger partial charge < -0.3 is 10.5 Å². The molecular weight excluding hydrogens is 258 g/mol. The van der Waals surface area contributed by atoms with Crippen LogP contribution in [0.15, 0.2) is 59.5 Å². The molecule has 0 saturated heterocycles. The van der Waals surface area contributed by atoms with E-state index >= 15 is 0 Å². The normalized spacial score (nSPS) is 11.8. The molecule has 2 rings (SSSR count). The van der Waals surface area contributed by atoms with Crippen LogP contribution in [0.5, 0.6) is 5.75 Å². The first kappa shape index (κ1) is 13.5. The van der Waals surface area contributed by atoms with Gasteiger partial charge in [0.1, 0.15) is 11.0 Å². The van der Waals surface area contributed by atoms with E-state index in [0.29, 0.717) is 0 Å². The summed E-state index contributed by atoms with van der Waals surface area (Å²) < 4.78 is 5.11. The Morgan fingerprint density at radius 3 is 2.26 bits per heavy atom. The second kappa shape index (κ2) is 6.29. The summed E-state index contributed by atoms with van der Waals surface area (Å²) in [5.41, 5.74) is 6.40. The molecule has 0 aliphatic rings. The molecule has 0 radical (unpaired) electrons. The Morgan fingerprint density at radius 1 is 1.11 bits per heavy atom. The lowest BCUT2D eigenvalue weighted by molar-refractivity contribution is -0.117. The van der Waals surface area contributed by atoms with Gasteiger partial charge in [0, 0.05) is 4.90 Å². The number of benzene rings is 2. The van der Waals surface area contributed by atoms with Crippen LogP contribution < -0.4 is 10.5 Å². The first-order chi connectivity index (χ1) is 9.20. The molecule has 3 nitrogen and oxygen atoms in total. The molecule has 0 bridgehead atoms. The maximum absolute atomic E-state index is 11.6. The zero-order valence-corrected chi connectivity index (χ0v) is 11.4. The molecule has 0 aliphatic carbocycles. The third kappa shape index (κ3) is 3.51. The van der Waals surface area contributed by atoms with Crippen molar-refractivity contribution in [3.63, 3.8) is 0 Å². The van der Waals surface area contributed by atoms with Crippen LogP contribution in [-0.2, 0) is 4.79 Å². The smallest absolute Gasteiger partial charge is 0.235 e. The number of carbonyl (C=O) groups excluding carboxylic acids is 1. The standard InChI is InChI=1S/C15H15NO2S/c1-18-12-7-9-13(10-8-12)19-14(15(16)17)11-5-3-2-4-6-11/h2-10,14H,1H3,(H2,16,17)/t14-/m1/s1. The fraction of sp³-hybridized carbons (Fsp3) is 0.133. The Kier molecular flexibility index (Phi) is 4.47. The predicted octanol–water partition coefficient (Wildman–Crippen LogP) is 3.01. The Balaban J connectivity index is 2.19. The summed E-state index contributed by atoms with van der Waals surface area (Å²) in [5.74, 6) is 0.451. The van der Waals surface area contributed by atoms with Crippen molar-refractivity contribution in [1.82, 2.24) is 0 Å². The minimum Gasteiger partial charge on any atom is -0.497 e. The van der Waals surface area contributed by atoms with Gasteiger partial charge in [-0.25, -0.2) is 0 Å². The van der Waals surface area contributed by atoms with Gasteiger partial charge in [0.15, 0.2) is 0 Å². The Labute approximate surface area is 116 Å². The SMILES string of the molecule is COc1ccc(S[C@@H](C(N)=O)c2ccccc2)cc1. The van der Waals surface area contributed by atoms with Gasteiger partial charge in [0.05, 0.1) is 7.11 Å². The molecule has 1 atom stereocenters. The molecule has 0 saturated carbocycles. The van der Waals surface area contributed by atoms with Crippen LogP contribution in [0, 0.1) is 0 Å². The molecule has 0 aromatic heterocycles. The summed E-state index contributed by atoms with van der Waals surface area (Å²) in [7, 11) is 1.62. The van der Waals surface area contributed by atoms with Gasteiger partial charge in [-0.15, -0.1) is 11.8 Å². The molecule has 0 fully saturated rings. The van der Waals surface area contributed by atoms with Crippen molar-refractivity contribution in [2.45, 2.75) is 10.1 Å². The minimum atomic E-state index is -0.380. The van der Waals surface area contributed by atoms with Crippen molar-refractivity contribution in [3.05, 3.63) is 60.2 Å². The fourth-order valence-electron chi connectivity index (χ4n) is 1.71. The number of hydrogen-bond donors (Lipinski definition) is 1. The average Bonchev–Trinajstić information content (AvgIpc) is 2.46. The topological polar surface area (TPSA) is 52.3 Å². The second-order valence-electron chi connectivity index (χ2n) is 3.99. The van der Waals surface area contributed by atoms with Crippen molar-refractivity contribution in [1.29, 1.82) is 0 Å². The Hall–Kier alpha value is -1.94. The number of carbonyl (C=O) groups is 1. The Bertz CT molecular complexity index is 540. The molecule has 98 valence electrons. The largest absolute Gasteiger partial charge is 0.497 e. The van der Waals surface area contributed by atoms with E-state index in [1.54, 1.807) is 7.11 Å². The van der Waals surface area contributed by atoms with Crippen LogP contribution in [0.1, 0.15) is 10.8 Å². The lowest BCUT2D eigenvalue weighted by Gasteiger charge is -2.13. The van der Waals surface area contributed by atoms with Gasteiger partial charge in [0.2, 0.25) is 5.91 Å². The summed E-state index contributed by atoms with van der Waals surface area (Å²) in [6, 6.07) is 17.1. The molecule has 4 heteroatoms. The van der Waals surface area contributed by atoms with Gasteiger partial charge in [-0.3, -0.25) is 4.79 Å². The summed E-state index contributed by atoms with van der Waals surface area (Å²) in [6.45, 7) is 0. The number of hydrogen-bond acceptors (Lipinski definition) is 3. The van der Waals surface area contributed by atoms with Gasteiger partial charge in [0.25, 0.3) is 0 Å². The number of methoxy groups -OCH3 is 1. The number of primary amides is 1. The van der Waals surface area contributed by atoms with Crippen molar-refractivity contribution < 1.29 is 9.53 Å². The van der Waals surface area contributed by atoms with Gasteiger partial charge in [-0.2, -0.15) is 0 Å².